The highest BCUT2D eigenvalue weighted by atomic mass is 16.6. The van der Waals surface area contributed by atoms with Crippen molar-refractivity contribution in [3.63, 3.8) is 0 Å². The van der Waals surface area contributed by atoms with Crippen molar-refractivity contribution in [2.45, 2.75) is 78.1 Å². The summed E-state index contributed by atoms with van der Waals surface area (Å²) < 4.78 is 10.6. The van der Waals surface area contributed by atoms with Gasteiger partial charge in [-0.2, -0.15) is 0 Å². The Kier molecular flexibility index (Phi) is 9.49. The second-order valence-corrected chi connectivity index (χ2v) is 10.8. The van der Waals surface area contributed by atoms with Crippen LogP contribution in [0.15, 0.2) is 23.4 Å². The Bertz CT molecular complexity index is 967. The summed E-state index contributed by atoms with van der Waals surface area (Å²) in [5.41, 5.74) is 1.28. The third kappa shape index (κ3) is 6.07. The number of hydrogen-bond acceptors (Lipinski definition) is 6. The number of hydrogen-bond donors (Lipinski definition) is 0. The minimum atomic E-state index is -0.878. The second kappa shape index (κ2) is 12.8. The molecule has 2 fully saturated rings. The largest absolute Gasteiger partial charge is 0.465 e. The third-order valence-electron chi connectivity index (χ3n) is 8.42. The molecule has 4 aliphatic rings. The zero-order chi connectivity index (χ0) is 27.1. The van der Waals surface area contributed by atoms with E-state index in [1.54, 1.807) is 23.6 Å². The van der Waals surface area contributed by atoms with Gasteiger partial charge in [0.15, 0.2) is 0 Å². The van der Waals surface area contributed by atoms with Crippen molar-refractivity contribution in [2.75, 3.05) is 45.9 Å². The van der Waals surface area contributed by atoms with Gasteiger partial charge in [0.05, 0.1) is 13.2 Å². The normalized spacial score (nSPS) is 25.8. The summed E-state index contributed by atoms with van der Waals surface area (Å²) in [6.07, 6.45) is 12.0. The molecule has 0 bridgehead atoms. The summed E-state index contributed by atoms with van der Waals surface area (Å²) in [6, 6.07) is 0. The van der Waals surface area contributed by atoms with Crippen LogP contribution in [0.25, 0.3) is 0 Å². The van der Waals surface area contributed by atoms with Gasteiger partial charge in [0.1, 0.15) is 5.41 Å². The van der Waals surface area contributed by atoms with Crippen molar-refractivity contribution < 1.29 is 28.7 Å². The molecular weight excluding hydrogens is 486 g/mol. The summed E-state index contributed by atoms with van der Waals surface area (Å²) in [4.78, 5) is 57.9. The number of esters is 1. The first-order chi connectivity index (χ1) is 18.4. The minimum Gasteiger partial charge on any atom is -0.465 e. The molecular formula is C29H43N3O6. The van der Waals surface area contributed by atoms with Crippen LogP contribution in [0.4, 0.5) is 4.79 Å². The van der Waals surface area contributed by atoms with Gasteiger partial charge in [-0.15, -0.1) is 0 Å². The van der Waals surface area contributed by atoms with Crippen molar-refractivity contribution in [1.29, 1.82) is 0 Å². The van der Waals surface area contributed by atoms with E-state index in [1.807, 2.05) is 4.90 Å². The molecule has 2 saturated heterocycles. The SMILES string of the molecule is CCOC(=O)N1CCN(C(=O)C[C@@H]2C[C@@]3(C(=O)OCC)CCCC=C3N(CCC3=CCCCC3)C2=O)CC1. The van der Waals surface area contributed by atoms with Gasteiger partial charge in [-0.05, 0) is 71.6 Å². The van der Waals surface area contributed by atoms with Gasteiger partial charge in [0, 0.05) is 50.8 Å². The zero-order valence-electron chi connectivity index (χ0n) is 23.0. The third-order valence-corrected chi connectivity index (χ3v) is 8.42. The molecule has 9 nitrogen and oxygen atoms in total. The van der Waals surface area contributed by atoms with Crippen LogP contribution < -0.4 is 0 Å². The molecule has 0 unspecified atom stereocenters. The van der Waals surface area contributed by atoms with Gasteiger partial charge in [-0.3, -0.25) is 14.4 Å². The lowest BCUT2D eigenvalue weighted by atomic mass is 9.66. The maximum Gasteiger partial charge on any atom is 0.409 e. The van der Waals surface area contributed by atoms with Crippen molar-refractivity contribution in [2.24, 2.45) is 11.3 Å². The van der Waals surface area contributed by atoms with Crippen molar-refractivity contribution in [3.8, 4) is 0 Å². The van der Waals surface area contributed by atoms with Crippen molar-refractivity contribution in [3.05, 3.63) is 23.4 Å². The summed E-state index contributed by atoms with van der Waals surface area (Å²) >= 11 is 0. The number of rotatable bonds is 8. The number of amides is 3. The molecule has 4 rings (SSSR count). The van der Waals surface area contributed by atoms with Gasteiger partial charge in [-0.25, -0.2) is 4.79 Å². The van der Waals surface area contributed by atoms with E-state index < -0.39 is 11.3 Å². The van der Waals surface area contributed by atoms with Crippen LogP contribution in [-0.4, -0.2) is 84.5 Å². The van der Waals surface area contributed by atoms with Crippen LogP contribution in [0.3, 0.4) is 0 Å². The molecule has 0 spiro atoms. The van der Waals surface area contributed by atoms with Crippen LogP contribution in [0.5, 0.6) is 0 Å². The van der Waals surface area contributed by atoms with Gasteiger partial charge >= 0.3 is 12.1 Å². The summed E-state index contributed by atoms with van der Waals surface area (Å²) in [5.74, 6) is -1.02. The van der Waals surface area contributed by atoms with E-state index in [0.29, 0.717) is 52.2 Å². The molecule has 0 aromatic rings. The Balaban J connectivity index is 1.50. The van der Waals surface area contributed by atoms with Crippen LogP contribution in [0.2, 0.25) is 0 Å². The highest BCUT2D eigenvalue weighted by Crippen LogP contribution is 2.50. The summed E-state index contributed by atoms with van der Waals surface area (Å²) in [6.45, 7) is 6.32. The molecule has 0 aromatic heterocycles. The Morgan fingerprint density at radius 3 is 2.34 bits per heavy atom. The van der Waals surface area contributed by atoms with Crippen molar-refractivity contribution in [1.82, 2.24) is 14.7 Å². The maximum absolute atomic E-state index is 13.9. The Morgan fingerprint density at radius 1 is 0.947 bits per heavy atom. The van der Waals surface area contributed by atoms with Crippen LogP contribution >= 0.6 is 0 Å². The fourth-order valence-electron chi connectivity index (χ4n) is 6.42. The number of fused-ring (bicyclic) bond motifs is 1. The monoisotopic (exact) mass is 529 g/mol. The number of allylic oxidation sites excluding steroid dienone is 2. The predicted octanol–water partition coefficient (Wildman–Crippen LogP) is 4.03. The molecule has 0 aromatic carbocycles. The number of carbonyl (C=O) groups is 4. The van der Waals surface area contributed by atoms with Gasteiger partial charge in [-0.1, -0.05) is 17.7 Å². The average Bonchev–Trinajstić information content (AvgIpc) is 2.94. The summed E-state index contributed by atoms with van der Waals surface area (Å²) in [7, 11) is 0. The average molecular weight is 530 g/mol. The van der Waals surface area contributed by atoms with Crippen LogP contribution in [0, 0.1) is 11.3 Å². The number of nitrogens with zero attached hydrogens (tertiary/aromatic N) is 3. The van der Waals surface area contributed by atoms with E-state index in [9.17, 15) is 19.2 Å². The molecule has 2 atom stereocenters. The summed E-state index contributed by atoms with van der Waals surface area (Å²) in [5, 5.41) is 0. The van der Waals surface area contributed by atoms with E-state index in [4.69, 9.17) is 9.47 Å². The molecule has 2 heterocycles. The topological polar surface area (TPSA) is 96.5 Å². The van der Waals surface area contributed by atoms with E-state index in [2.05, 4.69) is 12.2 Å². The Hall–Kier alpha value is -2.84. The molecule has 0 N–H and O–H groups in total. The lowest BCUT2D eigenvalue weighted by Gasteiger charge is -2.48. The van der Waals surface area contributed by atoms with E-state index in [1.165, 1.54) is 18.4 Å². The second-order valence-electron chi connectivity index (χ2n) is 10.8. The quantitative estimate of drug-likeness (QED) is 0.348. The Labute approximate surface area is 226 Å². The van der Waals surface area contributed by atoms with E-state index in [-0.39, 0.29) is 36.9 Å². The highest BCUT2D eigenvalue weighted by Gasteiger charge is 2.54. The number of likely N-dealkylation sites (tertiary alicyclic amines) is 1. The number of ether oxygens (including phenoxy) is 2. The lowest BCUT2D eigenvalue weighted by Crippen LogP contribution is -2.55. The maximum atomic E-state index is 13.9. The van der Waals surface area contributed by atoms with Gasteiger partial charge in [0.25, 0.3) is 0 Å². The van der Waals surface area contributed by atoms with E-state index in [0.717, 1.165) is 37.8 Å². The molecule has 38 heavy (non-hydrogen) atoms. The predicted molar refractivity (Wildman–Crippen MR) is 142 cm³/mol. The van der Waals surface area contributed by atoms with Crippen LogP contribution in [-0.2, 0) is 23.9 Å². The molecule has 9 heteroatoms. The molecule has 210 valence electrons. The van der Waals surface area contributed by atoms with E-state index >= 15 is 0 Å². The fourth-order valence-corrected chi connectivity index (χ4v) is 6.42. The molecule has 3 amide bonds. The van der Waals surface area contributed by atoms with Crippen LogP contribution in [0.1, 0.15) is 78.1 Å². The number of piperidine rings is 1. The zero-order valence-corrected chi connectivity index (χ0v) is 23.0. The number of piperazine rings is 1. The van der Waals surface area contributed by atoms with Crippen molar-refractivity contribution >= 4 is 23.9 Å². The highest BCUT2D eigenvalue weighted by molar-refractivity contribution is 5.92. The number of carbonyl (C=O) groups excluding carboxylic acids is 4. The van der Waals surface area contributed by atoms with Gasteiger partial charge < -0.3 is 24.2 Å². The standard InChI is InChI=1S/C29H43N3O6/c1-3-37-27(35)29-14-9-8-12-24(29)32(15-13-22-10-6-5-7-11-22)26(34)23(21-29)20-25(33)30-16-18-31(19-17-30)28(36)38-4-2/h10,12,23H,3-9,11,13-21H2,1-2H3/t23-,29+/m1/s1. The smallest absolute Gasteiger partial charge is 0.409 e. The lowest BCUT2D eigenvalue weighted by molar-refractivity contribution is -0.162. The molecule has 2 aliphatic carbocycles. The van der Waals surface area contributed by atoms with Gasteiger partial charge in [0.2, 0.25) is 11.8 Å². The first kappa shape index (κ1) is 28.2. The minimum absolute atomic E-state index is 0.0614. The molecule has 0 saturated carbocycles. The first-order valence-corrected chi connectivity index (χ1v) is 14.5. The fraction of sp³-hybridized carbons (Fsp3) is 0.724. The first-order valence-electron chi connectivity index (χ1n) is 14.5. The Morgan fingerprint density at radius 2 is 1.66 bits per heavy atom. The molecule has 2 aliphatic heterocycles. The molecule has 0 radical (unpaired) electrons.